The summed E-state index contributed by atoms with van der Waals surface area (Å²) in [4.78, 5) is 19.0. The topological polar surface area (TPSA) is 108 Å². The van der Waals surface area contributed by atoms with Crippen molar-refractivity contribution in [2.24, 2.45) is 0 Å². The van der Waals surface area contributed by atoms with Crippen LogP contribution in [0.2, 0.25) is 0 Å². The molecule has 1 aliphatic heterocycles. The van der Waals surface area contributed by atoms with Gasteiger partial charge in [0.2, 0.25) is 0 Å². The minimum absolute atomic E-state index is 0.112. The first-order valence-corrected chi connectivity index (χ1v) is 11.4. The molecule has 1 aromatic heterocycles. The number of nitrogens with one attached hydrogen (secondary N) is 3. The van der Waals surface area contributed by atoms with E-state index in [9.17, 15) is 4.79 Å². The maximum Gasteiger partial charge on any atom is 0.307 e. The number of fused-ring (bicyclic) bond motifs is 1. The van der Waals surface area contributed by atoms with Gasteiger partial charge in [0.05, 0.1) is 30.8 Å². The van der Waals surface area contributed by atoms with Crippen molar-refractivity contribution in [1.82, 2.24) is 15.3 Å². The molecule has 8 nitrogen and oxygen atoms in total. The first kappa shape index (κ1) is 24.5. The Morgan fingerprint density at radius 2 is 1.94 bits per heavy atom. The molecule has 0 atom stereocenters. The number of benzene rings is 3. The maximum absolute atomic E-state index is 10.2. The van der Waals surface area contributed by atoms with Gasteiger partial charge in [0.1, 0.15) is 17.9 Å². The van der Waals surface area contributed by atoms with Gasteiger partial charge in [-0.3, -0.25) is 4.79 Å². The van der Waals surface area contributed by atoms with E-state index in [2.05, 4.69) is 31.8 Å². The average molecular weight is 482 g/mol. The van der Waals surface area contributed by atoms with Crippen molar-refractivity contribution in [2.75, 3.05) is 30.8 Å². The highest BCUT2D eigenvalue weighted by atomic mass is 16.5. The van der Waals surface area contributed by atoms with E-state index in [1.807, 2.05) is 54.6 Å². The minimum Gasteiger partial charge on any atom is -0.495 e. The van der Waals surface area contributed by atoms with E-state index in [1.165, 1.54) is 6.33 Å². The Labute approximate surface area is 209 Å². The second-order valence-electron chi connectivity index (χ2n) is 8.20. The third kappa shape index (κ3) is 6.29. The predicted molar refractivity (Wildman–Crippen MR) is 142 cm³/mol. The van der Waals surface area contributed by atoms with E-state index in [1.54, 1.807) is 19.2 Å². The molecule has 36 heavy (non-hydrogen) atoms. The summed E-state index contributed by atoms with van der Waals surface area (Å²) in [6.07, 6.45) is 7.14. The van der Waals surface area contributed by atoms with Crippen LogP contribution in [0.5, 0.6) is 5.75 Å². The van der Waals surface area contributed by atoms with Crippen LogP contribution in [0.3, 0.4) is 0 Å². The maximum atomic E-state index is 10.2. The predicted octanol–water partition coefficient (Wildman–Crippen LogP) is 4.06. The van der Waals surface area contributed by atoms with Crippen LogP contribution in [0.1, 0.15) is 11.1 Å². The van der Waals surface area contributed by atoms with E-state index >= 15 is 0 Å². The summed E-state index contributed by atoms with van der Waals surface area (Å²) in [5.41, 5.74) is 4.28. The minimum atomic E-state index is -0.786. The number of carboxylic acid groups (broad SMARTS) is 1. The number of terminal acetylenes is 1. The Morgan fingerprint density at radius 1 is 1.14 bits per heavy atom. The number of anilines is 3. The number of aromatic nitrogens is 2. The van der Waals surface area contributed by atoms with E-state index in [0.717, 1.165) is 58.1 Å². The molecule has 0 radical (unpaired) electrons. The third-order valence-corrected chi connectivity index (χ3v) is 5.59. The highest BCUT2D eigenvalue weighted by Gasteiger charge is 2.19. The lowest BCUT2D eigenvalue weighted by Crippen LogP contribution is -2.51. The molecular weight excluding hydrogens is 454 g/mol. The summed E-state index contributed by atoms with van der Waals surface area (Å²) in [5, 5.41) is 19.4. The monoisotopic (exact) mass is 481 g/mol. The van der Waals surface area contributed by atoms with Crippen LogP contribution < -0.4 is 20.7 Å². The fourth-order valence-electron chi connectivity index (χ4n) is 3.67. The van der Waals surface area contributed by atoms with Gasteiger partial charge in [-0.2, -0.15) is 0 Å². The van der Waals surface area contributed by atoms with E-state index < -0.39 is 5.97 Å². The van der Waals surface area contributed by atoms with Gasteiger partial charge in [-0.25, -0.2) is 9.97 Å². The molecule has 0 saturated carbocycles. The Hall–Kier alpha value is -4.61. The standard InChI is InChI=1S/C20H19N5O.C8H8O2/c1-3-13-5-4-6-14(7-13)25-20-16-8-18(24-15-10-21-11-15)19(26-2)9-17(16)22-12-23-20;9-8(10)6-7-4-2-1-3-5-7/h1,4-9,12,15,21,24H,10-11H2,2H3,(H,22,23,25);1-5H,6H2,(H,9,10). The number of hydrogen-bond acceptors (Lipinski definition) is 7. The lowest BCUT2D eigenvalue weighted by molar-refractivity contribution is -0.136. The molecule has 0 amide bonds. The van der Waals surface area contributed by atoms with Crippen LogP contribution in [-0.4, -0.2) is 47.3 Å². The molecule has 4 aromatic rings. The SMILES string of the molecule is C#Cc1cccc(Nc2ncnc3cc(OC)c(NC4CNC4)cc23)c1.O=C(O)Cc1ccccc1. The van der Waals surface area contributed by atoms with Gasteiger partial charge >= 0.3 is 5.97 Å². The number of hydrogen-bond donors (Lipinski definition) is 4. The number of ether oxygens (including phenoxy) is 1. The molecule has 0 spiro atoms. The van der Waals surface area contributed by atoms with Crippen LogP contribution >= 0.6 is 0 Å². The number of carboxylic acids is 1. The molecule has 0 aliphatic carbocycles. The fourth-order valence-corrected chi connectivity index (χ4v) is 3.67. The summed E-state index contributed by atoms with van der Waals surface area (Å²) in [6, 6.07) is 21.2. The zero-order chi connectivity index (χ0) is 25.3. The normalized spacial score (nSPS) is 12.4. The summed E-state index contributed by atoms with van der Waals surface area (Å²) in [5.74, 6) is 3.35. The van der Waals surface area contributed by atoms with E-state index in [-0.39, 0.29) is 6.42 Å². The molecule has 5 rings (SSSR count). The smallest absolute Gasteiger partial charge is 0.307 e. The average Bonchev–Trinajstić information content (AvgIpc) is 2.87. The molecule has 0 bridgehead atoms. The Bertz CT molecular complexity index is 1380. The largest absolute Gasteiger partial charge is 0.495 e. The Kier molecular flexibility index (Phi) is 7.96. The number of rotatable bonds is 7. The van der Waals surface area contributed by atoms with Crippen molar-refractivity contribution in [3.63, 3.8) is 0 Å². The van der Waals surface area contributed by atoms with Gasteiger partial charge in [0.25, 0.3) is 0 Å². The molecular formula is C28H27N5O3. The Balaban J connectivity index is 0.000000256. The van der Waals surface area contributed by atoms with Crippen LogP contribution in [0.4, 0.5) is 17.2 Å². The van der Waals surface area contributed by atoms with Gasteiger partial charge in [-0.05, 0) is 29.8 Å². The van der Waals surface area contributed by atoms with Crippen molar-refractivity contribution in [3.05, 3.63) is 84.2 Å². The van der Waals surface area contributed by atoms with Crippen LogP contribution in [-0.2, 0) is 11.2 Å². The van der Waals surface area contributed by atoms with Gasteiger partial charge < -0.3 is 25.8 Å². The molecule has 3 aromatic carbocycles. The van der Waals surface area contributed by atoms with Gasteiger partial charge in [0.15, 0.2) is 0 Å². The molecule has 182 valence electrons. The molecule has 8 heteroatoms. The number of carbonyl (C=O) groups is 1. The van der Waals surface area contributed by atoms with Gasteiger partial charge in [-0.1, -0.05) is 42.3 Å². The summed E-state index contributed by atoms with van der Waals surface area (Å²) < 4.78 is 5.53. The van der Waals surface area contributed by atoms with Crippen LogP contribution in [0, 0.1) is 12.3 Å². The molecule has 1 saturated heterocycles. The van der Waals surface area contributed by atoms with Crippen molar-refractivity contribution in [3.8, 4) is 18.1 Å². The zero-order valence-electron chi connectivity index (χ0n) is 19.9. The quantitative estimate of drug-likeness (QED) is 0.293. The third-order valence-electron chi connectivity index (χ3n) is 5.59. The number of methoxy groups -OCH3 is 1. The first-order valence-electron chi connectivity index (χ1n) is 11.4. The fraction of sp³-hybridized carbons (Fsp3) is 0.179. The highest BCUT2D eigenvalue weighted by molar-refractivity contribution is 5.95. The Morgan fingerprint density at radius 3 is 2.61 bits per heavy atom. The van der Waals surface area contributed by atoms with Crippen LogP contribution in [0.15, 0.2) is 73.1 Å². The van der Waals surface area contributed by atoms with Crippen molar-refractivity contribution in [1.29, 1.82) is 0 Å². The highest BCUT2D eigenvalue weighted by Crippen LogP contribution is 2.33. The second kappa shape index (κ2) is 11.7. The number of nitrogens with zero attached hydrogens (tertiary/aromatic N) is 2. The van der Waals surface area contributed by atoms with Gasteiger partial charge in [0, 0.05) is 35.8 Å². The van der Waals surface area contributed by atoms with E-state index in [4.69, 9.17) is 16.3 Å². The second-order valence-corrected chi connectivity index (χ2v) is 8.20. The summed E-state index contributed by atoms with van der Waals surface area (Å²) >= 11 is 0. The van der Waals surface area contributed by atoms with Crippen molar-refractivity contribution in [2.45, 2.75) is 12.5 Å². The number of aliphatic carboxylic acids is 1. The van der Waals surface area contributed by atoms with Crippen molar-refractivity contribution >= 4 is 34.1 Å². The summed E-state index contributed by atoms with van der Waals surface area (Å²) in [7, 11) is 1.66. The zero-order valence-corrected chi connectivity index (χ0v) is 19.9. The van der Waals surface area contributed by atoms with E-state index in [0.29, 0.717) is 6.04 Å². The summed E-state index contributed by atoms with van der Waals surface area (Å²) in [6.45, 7) is 1.88. The van der Waals surface area contributed by atoms with Crippen LogP contribution in [0.25, 0.3) is 10.9 Å². The molecule has 4 N–H and O–H groups in total. The lowest BCUT2D eigenvalue weighted by atomic mass is 10.1. The van der Waals surface area contributed by atoms with Crippen molar-refractivity contribution < 1.29 is 14.6 Å². The van der Waals surface area contributed by atoms with Gasteiger partial charge in [-0.15, -0.1) is 6.42 Å². The molecule has 1 fully saturated rings. The molecule has 0 unspecified atom stereocenters. The molecule has 2 heterocycles. The lowest BCUT2D eigenvalue weighted by Gasteiger charge is -2.29. The molecule has 1 aliphatic rings. The first-order chi connectivity index (χ1) is 17.6.